The Bertz CT molecular complexity index is 637. The van der Waals surface area contributed by atoms with Crippen molar-refractivity contribution in [3.63, 3.8) is 0 Å². The van der Waals surface area contributed by atoms with Crippen molar-refractivity contribution in [2.75, 3.05) is 6.79 Å². The molecule has 0 fully saturated rings. The number of hydrogen-bond donors (Lipinski definition) is 2. The van der Waals surface area contributed by atoms with Crippen LogP contribution in [0.5, 0.6) is 17.2 Å². The number of benzene rings is 1. The Morgan fingerprint density at radius 2 is 2.00 bits per heavy atom. The van der Waals surface area contributed by atoms with Gasteiger partial charge in [0.15, 0.2) is 11.5 Å². The number of aromatic carboxylic acids is 1. The molecular formula is C11H7NO5. The van der Waals surface area contributed by atoms with E-state index in [1.807, 2.05) is 0 Å². The minimum Gasteiger partial charge on any atom is -0.506 e. The van der Waals surface area contributed by atoms with E-state index in [1.165, 1.54) is 6.07 Å². The van der Waals surface area contributed by atoms with E-state index in [2.05, 4.69) is 4.98 Å². The zero-order valence-electron chi connectivity index (χ0n) is 8.51. The number of ether oxygens (including phenoxy) is 2. The fourth-order valence-corrected chi connectivity index (χ4v) is 1.72. The fourth-order valence-electron chi connectivity index (χ4n) is 1.72. The normalized spacial score (nSPS) is 12.9. The SMILES string of the molecule is O=C(O)c1cnc2cc3c(cc2c1O)OCO3. The van der Waals surface area contributed by atoms with Crippen LogP contribution in [-0.4, -0.2) is 28.0 Å². The second-order valence-electron chi connectivity index (χ2n) is 3.55. The molecule has 1 aromatic carbocycles. The molecule has 0 saturated heterocycles. The molecule has 0 spiro atoms. The molecule has 0 amide bonds. The van der Waals surface area contributed by atoms with Gasteiger partial charge in [-0.1, -0.05) is 0 Å². The molecular weight excluding hydrogens is 226 g/mol. The van der Waals surface area contributed by atoms with Crippen molar-refractivity contribution in [2.24, 2.45) is 0 Å². The van der Waals surface area contributed by atoms with Crippen molar-refractivity contribution in [3.8, 4) is 17.2 Å². The number of aromatic nitrogens is 1. The van der Waals surface area contributed by atoms with Gasteiger partial charge in [0.25, 0.3) is 0 Å². The summed E-state index contributed by atoms with van der Waals surface area (Å²) >= 11 is 0. The molecule has 0 aliphatic carbocycles. The summed E-state index contributed by atoms with van der Waals surface area (Å²) in [6.45, 7) is 0.109. The largest absolute Gasteiger partial charge is 0.506 e. The maximum atomic E-state index is 10.8. The first-order valence-electron chi connectivity index (χ1n) is 4.81. The van der Waals surface area contributed by atoms with Gasteiger partial charge < -0.3 is 19.7 Å². The summed E-state index contributed by atoms with van der Waals surface area (Å²) in [4.78, 5) is 14.8. The molecule has 3 rings (SSSR count). The van der Waals surface area contributed by atoms with Gasteiger partial charge in [-0.25, -0.2) is 4.79 Å². The number of carboxylic acids is 1. The molecule has 1 aliphatic rings. The molecule has 2 N–H and O–H groups in total. The van der Waals surface area contributed by atoms with E-state index < -0.39 is 5.97 Å². The molecule has 0 radical (unpaired) electrons. The summed E-state index contributed by atoms with van der Waals surface area (Å²) in [5.74, 6) is -0.542. The van der Waals surface area contributed by atoms with Gasteiger partial charge in [-0.3, -0.25) is 4.98 Å². The van der Waals surface area contributed by atoms with Gasteiger partial charge in [-0.2, -0.15) is 0 Å². The molecule has 0 saturated carbocycles. The van der Waals surface area contributed by atoms with E-state index >= 15 is 0 Å². The average Bonchev–Trinajstić information content (AvgIpc) is 2.73. The van der Waals surface area contributed by atoms with Crippen molar-refractivity contribution in [1.29, 1.82) is 0 Å². The molecule has 0 atom stereocenters. The number of fused-ring (bicyclic) bond motifs is 2. The first-order valence-corrected chi connectivity index (χ1v) is 4.81. The van der Waals surface area contributed by atoms with Crippen molar-refractivity contribution in [1.82, 2.24) is 4.98 Å². The second-order valence-corrected chi connectivity index (χ2v) is 3.55. The van der Waals surface area contributed by atoms with Gasteiger partial charge >= 0.3 is 5.97 Å². The van der Waals surface area contributed by atoms with Gasteiger partial charge in [0.2, 0.25) is 6.79 Å². The third-order valence-electron chi connectivity index (χ3n) is 2.56. The Kier molecular flexibility index (Phi) is 1.85. The van der Waals surface area contributed by atoms with Crippen LogP contribution in [0.1, 0.15) is 10.4 Å². The number of rotatable bonds is 1. The van der Waals surface area contributed by atoms with Gasteiger partial charge in [0.1, 0.15) is 11.3 Å². The molecule has 0 bridgehead atoms. The van der Waals surface area contributed by atoms with Crippen LogP contribution in [0.4, 0.5) is 0 Å². The summed E-state index contributed by atoms with van der Waals surface area (Å²) in [6.07, 6.45) is 1.11. The fraction of sp³-hybridized carbons (Fsp3) is 0.0909. The third-order valence-corrected chi connectivity index (χ3v) is 2.56. The molecule has 86 valence electrons. The summed E-state index contributed by atoms with van der Waals surface area (Å²) in [5, 5.41) is 19.0. The van der Waals surface area contributed by atoms with Gasteiger partial charge in [0.05, 0.1) is 5.52 Å². The van der Waals surface area contributed by atoms with Gasteiger partial charge in [-0.15, -0.1) is 0 Å². The van der Waals surface area contributed by atoms with Crippen LogP contribution in [-0.2, 0) is 0 Å². The zero-order chi connectivity index (χ0) is 12.0. The third kappa shape index (κ3) is 1.34. The summed E-state index contributed by atoms with van der Waals surface area (Å²) < 4.78 is 10.3. The lowest BCUT2D eigenvalue weighted by molar-refractivity contribution is 0.0693. The Morgan fingerprint density at radius 3 is 2.71 bits per heavy atom. The molecule has 1 aromatic heterocycles. The summed E-state index contributed by atoms with van der Waals surface area (Å²) in [5.41, 5.74) is 0.216. The van der Waals surface area contributed by atoms with Crippen molar-refractivity contribution >= 4 is 16.9 Å². The van der Waals surface area contributed by atoms with E-state index in [-0.39, 0.29) is 18.1 Å². The highest BCUT2D eigenvalue weighted by Gasteiger charge is 2.19. The molecule has 1 aliphatic heterocycles. The van der Waals surface area contributed by atoms with Crippen molar-refractivity contribution in [2.45, 2.75) is 0 Å². The summed E-state index contributed by atoms with van der Waals surface area (Å²) in [6, 6.07) is 3.12. The highest BCUT2D eigenvalue weighted by Crippen LogP contribution is 2.38. The molecule has 6 heteroatoms. The van der Waals surface area contributed by atoms with Crippen LogP contribution in [0.2, 0.25) is 0 Å². The number of aromatic hydroxyl groups is 1. The van der Waals surface area contributed by atoms with E-state index in [4.69, 9.17) is 14.6 Å². The Labute approximate surface area is 95.0 Å². The number of carbonyl (C=O) groups is 1. The molecule has 6 nitrogen and oxygen atoms in total. The van der Waals surface area contributed by atoms with E-state index in [9.17, 15) is 9.90 Å². The minimum atomic E-state index is -1.23. The molecule has 2 heterocycles. The van der Waals surface area contributed by atoms with Crippen LogP contribution in [0, 0.1) is 0 Å². The maximum Gasteiger partial charge on any atom is 0.341 e. The minimum absolute atomic E-state index is 0.109. The van der Waals surface area contributed by atoms with Crippen LogP contribution in [0.3, 0.4) is 0 Å². The number of nitrogens with zero attached hydrogens (tertiary/aromatic N) is 1. The second kappa shape index (κ2) is 3.24. The predicted molar refractivity (Wildman–Crippen MR) is 56.5 cm³/mol. The summed E-state index contributed by atoms with van der Waals surface area (Å²) in [7, 11) is 0. The maximum absolute atomic E-state index is 10.8. The van der Waals surface area contributed by atoms with Gasteiger partial charge in [0, 0.05) is 17.6 Å². The zero-order valence-corrected chi connectivity index (χ0v) is 8.51. The molecule has 2 aromatic rings. The standard InChI is InChI=1S/C11H7NO5/c13-10-5-1-8-9(17-4-16-8)2-7(5)12-3-6(10)11(14)15/h1-3H,4H2,(H,12,13)(H,14,15). The first kappa shape index (κ1) is 9.71. The lowest BCUT2D eigenvalue weighted by Gasteiger charge is -2.05. The van der Waals surface area contributed by atoms with E-state index in [0.29, 0.717) is 22.4 Å². The Hall–Kier alpha value is -2.50. The first-order chi connectivity index (χ1) is 8.16. The lowest BCUT2D eigenvalue weighted by Crippen LogP contribution is -1.98. The lowest BCUT2D eigenvalue weighted by atomic mass is 10.1. The van der Waals surface area contributed by atoms with E-state index in [1.54, 1.807) is 6.07 Å². The van der Waals surface area contributed by atoms with E-state index in [0.717, 1.165) is 6.20 Å². The van der Waals surface area contributed by atoms with Gasteiger partial charge in [-0.05, 0) is 6.07 Å². The van der Waals surface area contributed by atoms with Crippen LogP contribution in [0.25, 0.3) is 10.9 Å². The highest BCUT2D eigenvalue weighted by atomic mass is 16.7. The number of carboxylic acid groups (broad SMARTS) is 1. The number of pyridine rings is 1. The molecule has 0 unspecified atom stereocenters. The van der Waals surface area contributed by atoms with Crippen LogP contribution >= 0.6 is 0 Å². The monoisotopic (exact) mass is 233 g/mol. The van der Waals surface area contributed by atoms with Crippen molar-refractivity contribution in [3.05, 3.63) is 23.9 Å². The molecule has 17 heavy (non-hydrogen) atoms. The average molecular weight is 233 g/mol. The number of hydrogen-bond acceptors (Lipinski definition) is 5. The smallest absolute Gasteiger partial charge is 0.341 e. The quantitative estimate of drug-likeness (QED) is 0.773. The predicted octanol–water partition coefficient (Wildman–Crippen LogP) is 1.37. The highest BCUT2D eigenvalue weighted by molar-refractivity contribution is 5.99. The Morgan fingerprint density at radius 1 is 1.29 bits per heavy atom. The topological polar surface area (TPSA) is 88.9 Å². The Balaban J connectivity index is 2.32. The van der Waals surface area contributed by atoms with Crippen LogP contribution < -0.4 is 9.47 Å². The van der Waals surface area contributed by atoms with Crippen molar-refractivity contribution < 1.29 is 24.5 Å². The van der Waals surface area contributed by atoms with Crippen LogP contribution in [0.15, 0.2) is 18.3 Å².